The molecule has 1 amide bonds. The molecule has 0 atom stereocenters. The van der Waals surface area contributed by atoms with Gasteiger partial charge in [0.05, 0.1) is 12.7 Å². The van der Waals surface area contributed by atoms with Gasteiger partial charge >= 0.3 is 12.1 Å². The topological polar surface area (TPSA) is 66.8 Å². The zero-order valence-electron chi connectivity index (χ0n) is 10.8. The number of nitrogens with zero attached hydrogens (tertiary/aromatic N) is 1. The van der Waals surface area contributed by atoms with Crippen molar-refractivity contribution in [1.82, 2.24) is 4.90 Å². The Morgan fingerprint density at radius 2 is 1.79 bits per heavy atom. The summed E-state index contributed by atoms with van der Waals surface area (Å²) in [6, 6.07) is 6.98. The lowest BCUT2D eigenvalue weighted by Crippen LogP contribution is -2.37. The third kappa shape index (κ3) is 3.05. The van der Waals surface area contributed by atoms with E-state index in [1.165, 1.54) is 7.11 Å². The second-order valence-electron chi connectivity index (χ2n) is 4.66. The van der Waals surface area contributed by atoms with Crippen LogP contribution in [0, 0.1) is 0 Å². The average Bonchev–Trinajstić information content (AvgIpc) is 2.46. The maximum absolute atomic E-state index is 11.4. The van der Waals surface area contributed by atoms with Crippen LogP contribution < -0.4 is 0 Å². The van der Waals surface area contributed by atoms with E-state index in [0.29, 0.717) is 24.6 Å². The summed E-state index contributed by atoms with van der Waals surface area (Å²) in [4.78, 5) is 23.8. The van der Waals surface area contributed by atoms with E-state index in [1.807, 2.05) is 12.1 Å². The fraction of sp³-hybridized carbons (Fsp3) is 0.429. The van der Waals surface area contributed by atoms with Crippen LogP contribution in [0.5, 0.6) is 0 Å². The lowest BCUT2D eigenvalue weighted by atomic mass is 9.89. The molecule has 5 heteroatoms. The van der Waals surface area contributed by atoms with Gasteiger partial charge in [-0.05, 0) is 36.5 Å². The highest BCUT2D eigenvalue weighted by atomic mass is 16.5. The number of hydrogen-bond acceptors (Lipinski definition) is 3. The van der Waals surface area contributed by atoms with Crippen LogP contribution in [0.15, 0.2) is 24.3 Å². The first-order chi connectivity index (χ1) is 9.11. The zero-order valence-corrected chi connectivity index (χ0v) is 10.8. The molecular formula is C14H17NO4. The van der Waals surface area contributed by atoms with E-state index >= 15 is 0 Å². The lowest BCUT2D eigenvalue weighted by Gasteiger charge is -2.31. The molecule has 1 aromatic carbocycles. The molecule has 0 aliphatic carbocycles. The van der Waals surface area contributed by atoms with Crippen LogP contribution in [0.4, 0.5) is 4.79 Å². The summed E-state index contributed by atoms with van der Waals surface area (Å²) in [7, 11) is 1.39. The van der Waals surface area contributed by atoms with Crippen molar-refractivity contribution in [2.45, 2.75) is 18.8 Å². The molecule has 19 heavy (non-hydrogen) atoms. The van der Waals surface area contributed by atoms with Crippen molar-refractivity contribution in [2.24, 2.45) is 0 Å². The van der Waals surface area contributed by atoms with Gasteiger partial charge in [0, 0.05) is 13.1 Å². The molecule has 0 radical (unpaired) electrons. The van der Waals surface area contributed by atoms with Crippen molar-refractivity contribution in [1.29, 1.82) is 0 Å². The Hall–Kier alpha value is -2.04. The first-order valence-corrected chi connectivity index (χ1v) is 6.28. The second-order valence-corrected chi connectivity index (χ2v) is 4.66. The molecule has 1 aliphatic rings. The molecule has 2 rings (SSSR count). The second kappa shape index (κ2) is 5.73. The van der Waals surface area contributed by atoms with E-state index in [1.54, 1.807) is 17.0 Å². The number of piperidine rings is 1. The summed E-state index contributed by atoms with van der Waals surface area (Å²) >= 11 is 0. The molecule has 1 heterocycles. The van der Waals surface area contributed by atoms with E-state index in [9.17, 15) is 9.59 Å². The van der Waals surface area contributed by atoms with Crippen LogP contribution >= 0.6 is 0 Å². The minimum Gasteiger partial charge on any atom is -0.478 e. The fourth-order valence-corrected chi connectivity index (χ4v) is 2.42. The molecule has 0 spiro atoms. The SMILES string of the molecule is COC(=O)N1CCC(c2ccc(C(=O)O)cc2)CC1. The highest BCUT2D eigenvalue weighted by Crippen LogP contribution is 2.28. The highest BCUT2D eigenvalue weighted by Gasteiger charge is 2.24. The van der Waals surface area contributed by atoms with E-state index in [2.05, 4.69) is 0 Å². The minimum absolute atomic E-state index is 0.278. The molecular weight excluding hydrogens is 246 g/mol. The molecule has 0 saturated carbocycles. The number of methoxy groups -OCH3 is 1. The van der Waals surface area contributed by atoms with Crippen LogP contribution in [0.3, 0.4) is 0 Å². The first kappa shape index (κ1) is 13.4. The average molecular weight is 263 g/mol. The first-order valence-electron chi connectivity index (χ1n) is 6.28. The molecule has 5 nitrogen and oxygen atoms in total. The monoisotopic (exact) mass is 263 g/mol. The predicted octanol–water partition coefficient (Wildman–Crippen LogP) is 2.33. The molecule has 1 aliphatic heterocycles. The number of rotatable bonds is 2. The molecule has 0 bridgehead atoms. The zero-order chi connectivity index (χ0) is 13.8. The minimum atomic E-state index is -0.910. The standard InChI is InChI=1S/C14H17NO4/c1-19-14(18)15-8-6-11(7-9-15)10-2-4-12(5-3-10)13(16)17/h2-5,11H,6-9H2,1H3,(H,16,17). The normalized spacial score (nSPS) is 16.2. The number of benzene rings is 1. The lowest BCUT2D eigenvalue weighted by molar-refractivity contribution is 0.0696. The van der Waals surface area contributed by atoms with Crippen molar-refractivity contribution in [3.63, 3.8) is 0 Å². The Kier molecular flexibility index (Phi) is 4.04. The Morgan fingerprint density at radius 3 is 2.26 bits per heavy atom. The van der Waals surface area contributed by atoms with Gasteiger partial charge in [0.2, 0.25) is 0 Å². The Bertz CT molecular complexity index is 461. The van der Waals surface area contributed by atoms with Crippen LogP contribution in [0.2, 0.25) is 0 Å². The van der Waals surface area contributed by atoms with Crippen molar-refractivity contribution in [3.05, 3.63) is 35.4 Å². The Balaban J connectivity index is 1.97. The van der Waals surface area contributed by atoms with Crippen molar-refractivity contribution in [2.75, 3.05) is 20.2 Å². The number of amides is 1. The number of ether oxygens (including phenoxy) is 1. The van der Waals surface area contributed by atoms with Gasteiger partial charge in [-0.1, -0.05) is 12.1 Å². The summed E-state index contributed by atoms with van der Waals surface area (Å²) in [5.41, 5.74) is 1.44. The van der Waals surface area contributed by atoms with Gasteiger partial charge in [0.15, 0.2) is 0 Å². The van der Waals surface area contributed by atoms with Crippen molar-refractivity contribution >= 4 is 12.1 Å². The fourth-order valence-electron chi connectivity index (χ4n) is 2.42. The van der Waals surface area contributed by atoms with E-state index in [4.69, 9.17) is 9.84 Å². The highest BCUT2D eigenvalue weighted by molar-refractivity contribution is 5.87. The number of carboxylic acids is 1. The van der Waals surface area contributed by atoms with Crippen LogP contribution in [0.1, 0.15) is 34.7 Å². The number of aromatic carboxylic acids is 1. The van der Waals surface area contributed by atoms with E-state index in [0.717, 1.165) is 18.4 Å². The third-order valence-corrected chi connectivity index (χ3v) is 3.56. The summed E-state index contributed by atoms with van der Waals surface area (Å²) in [5.74, 6) is -0.532. The summed E-state index contributed by atoms with van der Waals surface area (Å²) in [6.07, 6.45) is 1.47. The number of likely N-dealkylation sites (tertiary alicyclic amines) is 1. The smallest absolute Gasteiger partial charge is 0.409 e. The van der Waals surface area contributed by atoms with E-state index in [-0.39, 0.29) is 6.09 Å². The molecule has 1 N–H and O–H groups in total. The largest absolute Gasteiger partial charge is 0.478 e. The van der Waals surface area contributed by atoms with Crippen LogP contribution in [-0.2, 0) is 4.74 Å². The maximum atomic E-state index is 11.4. The molecule has 0 unspecified atom stereocenters. The predicted molar refractivity (Wildman–Crippen MR) is 69.4 cm³/mol. The molecule has 1 fully saturated rings. The number of carboxylic acid groups (broad SMARTS) is 1. The Morgan fingerprint density at radius 1 is 1.21 bits per heavy atom. The summed E-state index contributed by atoms with van der Waals surface area (Å²) in [5, 5.41) is 8.85. The van der Waals surface area contributed by atoms with Gasteiger partial charge < -0.3 is 14.7 Å². The summed E-state index contributed by atoms with van der Waals surface area (Å²) in [6.45, 7) is 1.36. The van der Waals surface area contributed by atoms with Gasteiger partial charge in [-0.15, -0.1) is 0 Å². The molecule has 1 aromatic rings. The van der Waals surface area contributed by atoms with Gasteiger partial charge in [-0.25, -0.2) is 9.59 Å². The molecule has 0 aromatic heterocycles. The van der Waals surface area contributed by atoms with Crippen LogP contribution in [-0.4, -0.2) is 42.3 Å². The Labute approximate surface area is 111 Å². The number of carbonyl (C=O) groups is 2. The molecule has 102 valence electrons. The van der Waals surface area contributed by atoms with Gasteiger partial charge in [-0.3, -0.25) is 0 Å². The number of hydrogen-bond donors (Lipinski definition) is 1. The van der Waals surface area contributed by atoms with Crippen LogP contribution in [0.25, 0.3) is 0 Å². The van der Waals surface area contributed by atoms with Gasteiger partial charge in [0.1, 0.15) is 0 Å². The number of carbonyl (C=O) groups excluding carboxylic acids is 1. The van der Waals surface area contributed by atoms with Gasteiger partial charge in [0.25, 0.3) is 0 Å². The maximum Gasteiger partial charge on any atom is 0.409 e. The quantitative estimate of drug-likeness (QED) is 0.889. The third-order valence-electron chi connectivity index (χ3n) is 3.56. The van der Waals surface area contributed by atoms with Gasteiger partial charge in [-0.2, -0.15) is 0 Å². The van der Waals surface area contributed by atoms with Crippen molar-refractivity contribution in [3.8, 4) is 0 Å². The van der Waals surface area contributed by atoms with E-state index < -0.39 is 5.97 Å². The van der Waals surface area contributed by atoms with Crippen molar-refractivity contribution < 1.29 is 19.4 Å². The summed E-state index contributed by atoms with van der Waals surface area (Å²) < 4.78 is 4.69. The molecule has 1 saturated heterocycles.